The van der Waals surface area contributed by atoms with Gasteiger partial charge in [0.05, 0.1) is 0 Å². The average Bonchev–Trinajstić information content (AvgIpc) is 2.72. The average molecular weight is 584 g/mol. The zero-order chi connectivity index (χ0) is 17.9. The first-order valence-corrected chi connectivity index (χ1v) is 8.70. The SMILES string of the molecule is C=C[C-](C1=C(C)C(C)=C(C)C1(C)C)C1=C(C)C(C)=C(C)C1(C)C.Cl.[U]. The zero-order valence-electron chi connectivity index (χ0n) is 17.7. The van der Waals surface area contributed by atoms with Crippen molar-refractivity contribution in [1.29, 1.82) is 0 Å². The maximum atomic E-state index is 4.21. The normalized spacial score (nSPS) is 21.5. The standard InChI is InChI=1S/C23H33.ClH.U/c1-12-19(20-15(4)13(2)17(6)22(20,8)9)21-16(5)14(3)18(7)23(21,10)11;;/h12H,1H2,2-11H3;1H;/q-1;;. The Balaban J connectivity index is 0.00000288. The second-order valence-electron chi connectivity index (χ2n) is 8.37. The van der Waals surface area contributed by atoms with Gasteiger partial charge in [-0.2, -0.15) is 6.58 Å². The van der Waals surface area contributed by atoms with Crippen molar-refractivity contribution in [2.24, 2.45) is 10.8 Å². The number of allylic oxidation sites excluding steroid dienone is 9. The third-order valence-corrected chi connectivity index (χ3v) is 6.87. The third-order valence-electron chi connectivity index (χ3n) is 6.87. The van der Waals surface area contributed by atoms with E-state index in [2.05, 4.69) is 81.9 Å². The molecule has 0 N–H and O–H groups in total. The molecule has 0 aliphatic heterocycles. The zero-order valence-corrected chi connectivity index (χ0v) is 22.7. The maximum absolute atomic E-state index is 4.21. The van der Waals surface area contributed by atoms with Crippen LogP contribution >= 0.6 is 12.4 Å². The van der Waals surface area contributed by atoms with E-state index in [1.165, 1.54) is 50.5 Å². The molecule has 2 heteroatoms. The van der Waals surface area contributed by atoms with Gasteiger partial charge in [0.1, 0.15) is 0 Å². The molecule has 0 aromatic carbocycles. The van der Waals surface area contributed by atoms with E-state index in [4.69, 9.17) is 0 Å². The van der Waals surface area contributed by atoms with Gasteiger partial charge >= 0.3 is 0 Å². The van der Waals surface area contributed by atoms with Crippen molar-refractivity contribution in [2.45, 2.75) is 69.2 Å². The van der Waals surface area contributed by atoms with E-state index in [-0.39, 0.29) is 54.4 Å². The Bertz CT molecular complexity index is 650. The summed E-state index contributed by atoms with van der Waals surface area (Å²) in [5.41, 5.74) is 11.8. The van der Waals surface area contributed by atoms with E-state index in [9.17, 15) is 0 Å². The molecule has 25 heavy (non-hydrogen) atoms. The van der Waals surface area contributed by atoms with E-state index in [0.717, 1.165) is 0 Å². The minimum Gasteiger partial charge on any atom is -0.169 e. The molecule has 0 saturated carbocycles. The summed E-state index contributed by atoms with van der Waals surface area (Å²) >= 11 is 0. The second-order valence-corrected chi connectivity index (χ2v) is 8.37. The molecule has 0 spiro atoms. The molecule has 2 aliphatic carbocycles. The molecule has 0 unspecified atom stereocenters. The van der Waals surface area contributed by atoms with Crippen LogP contribution in [0.3, 0.4) is 0 Å². The van der Waals surface area contributed by atoms with Crippen LogP contribution in [0.25, 0.3) is 0 Å². The van der Waals surface area contributed by atoms with Crippen molar-refractivity contribution in [1.82, 2.24) is 0 Å². The van der Waals surface area contributed by atoms with Crippen LogP contribution < -0.4 is 0 Å². The molecular weight excluding hydrogens is 550 g/mol. The second kappa shape index (κ2) is 7.88. The Morgan fingerprint density at radius 1 is 0.680 bits per heavy atom. The largest absolute Gasteiger partial charge is 0.169 e. The van der Waals surface area contributed by atoms with Gasteiger partial charge in [-0.25, -0.2) is 0 Å². The van der Waals surface area contributed by atoms with Crippen LogP contribution in [0, 0.1) is 47.9 Å². The van der Waals surface area contributed by atoms with Crippen LogP contribution in [0.5, 0.6) is 0 Å². The monoisotopic (exact) mass is 583 g/mol. The third kappa shape index (κ3) is 3.42. The predicted molar refractivity (Wildman–Crippen MR) is 110 cm³/mol. The van der Waals surface area contributed by atoms with Crippen LogP contribution in [-0.4, -0.2) is 0 Å². The smallest absolute Gasteiger partial charge is 0 e. The summed E-state index contributed by atoms with van der Waals surface area (Å²) in [5.74, 6) is 1.35. The summed E-state index contributed by atoms with van der Waals surface area (Å²) in [5, 5.41) is 0. The molecule has 0 aromatic heterocycles. The van der Waals surface area contributed by atoms with Crippen molar-refractivity contribution in [3.63, 3.8) is 0 Å². The Labute approximate surface area is 185 Å². The predicted octanol–water partition coefficient (Wildman–Crippen LogP) is 7.55. The molecule has 0 radical (unpaired) electrons. The molecule has 2 aliphatic rings. The van der Waals surface area contributed by atoms with Crippen LogP contribution in [-0.2, 0) is 0 Å². The fourth-order valence-corrected chi connectivity index (χ4v) is 4.59. The molecule has 0 aromatic rings. The first-order valence-electron chi connectivity index (χ1n) is 8.70. The number of hydrogen-bond acceptors (Lipinski definition) is 0. The summed E-state index contributed by atoms with van der Waals surface area (Å²) < 4.78 is 0. The minimum absolute atomic E-state index is 0. The quantitative estimate of drug-likeness (QED) is 0.301. The molecule has 0 nitrogen and oxygen atoms in total. The molecule has 0 amide bonds. The van der Waals surface area contributed by atoms with Gasteiger partial charge in [-0.3, -0.25) is 0 Å². The van der Waals surface area contributed by atoms with Crippen LogP contribution in [0.2, 0.25) is 0 Å². The Kier molecular flexibility index (Phi) is 7.85. The van der Waals surface area contributed by atoms with E-state index >= 15 is 0 Å². The van der Waals surface area contributed by atoms with Gasteiger partial charge in [0.15, 0.2) is 0 Å². The maximum Gasteiger partial charge on any atom is 0 e. The first-order chi connectivity index (χ1) is 10.4. The summed E-state index contributed by atoms with van der Waals surface area (Å²) in [6, 6.07) is 0. The topological polar surface area (TPSA) is 0 Å². The molecule has 0 bridgehead atoms. The van der Waals surface area contributed by atoms with Crippen LogP contribution in [0.1, 0.15) is 69.2 Å². The van der Waals surface area contributed by atoms with Gasteiger partial charge in [-0.15, -0.1) is 46.7 Å². The van der Waals surface area contributed by atoms with Crippen molar-refractivity contribution in [2.75, 3.05) is 0 Å². The Morgan fingerprint density at radius 3 is 1.12 bits per heavy atom. The van der Waals surface area contributed by atoms with E-state index in [1.54, 1.807) is 0 Å². The van der Waals surface area contributed by atoms with Gasteiger partial charge < -0.3 is 0 Å². The summed E-state index contributed by atoms with van der Waals surface area (Å²) in [6.07, 6.45) is 2.10. The first kappa shape index (κ1) is 24.9. The molecule has 0 atom stereocenters. The fourth-order valence-electron chi connectivity index (χ4n) is 4.59. The van der Waals surface area contributed by atoms with Gasteiger partial charge in [-0.1, -0.05) is 63.8 Å². The molecule has 0 fully saturated rings. The molecule has 138 valence electrons. The van der Waals surface area contributed by atoms with Gasteiger partial charge in [-0.05, 0) is 38.5 Å². The van der Waals surface area contributed by atoms with Crippen molar-refractivity contribution < 1.29 is 31.1 Å². The molecular formula is C23H34ClU-. The van der Waals surface area contributed by atoms with Crippen molar-refractivity contribution >= 4 is 12.4 Å². The summed E-state index contributed by atoms with van der Waals surface area (Å²) in [6.45, 7) is 27.3. The minimum atomic E-state index is 0. The van der Waals surface area contributed by atoms with Crippen molar-refractivity contribution in [3.05, 3.63) is 63.2 Å². The van der Waals surface area contributed by atoms with Crippen LogP contribution in [0.15, 0.2) is 57.2 Å². The molecule has 0 heterocycles. The molecule has 0 saturated heterocycles. The van der Waals surface area contributed by atoms with Gasteiger partial charge in [0.25, 0.3) is 0 Å². The number of hydrogen-bond donors (Lipinski definition) is 0. The van der Waals surface area contributed by atoms with Crippen molar-refractivity contribution in [3.8, 4) is 0 Å². The summed E-state index contributed by atoms with van der Waals surface area (Å²) in [7, 11) is 0. The van der Waals surface area contributed by atoms with Gasteiger partial charge in [0.2, 0.25) is 0 Å². The molecule has 2 rings (SSSR count). The van der Waals surface area contributed by atoms with E-state index in [1.807, 2.05) is 0 Å². The van der Waals surface area contributed by atoms with E-state index < -0.39 is 0 Å². The number of halogens is 1. The van der Waals surface area contributed by atoms with E-state index in [0.29, 0.717) is 0 Å². The Hall–Kier alpha value is -0.0881. The Morgan fingerprint density at radius 2 is 0.960 bits per heavy atom. The van der Waals surface area contributed by atoms with Gasteiger partial charge in [0, 0.05) is 31.1 Å². The number of rotatable bonds is 3. The fraction of sp³-hybridized carbons (Fsp3) is 0.522. The summed E-state index contributed by atoms with van der Waals surface area (Å²) in [4.78, 5) is 0. The van der Waals surface area contributed by atoms with Crippen LogP contribution in [0.4, 0.5) is 0 Å².